The minimum absolute atomic E-state index is 0.535. The van der Waals surface area contributed by atoms with Crippen LogP contribution in [0.25, 0.3) is 10.2 Å². The minimum atomic E-state index is 0.535. The summed E-state index contributed by atoms with van der Waals surface area (Å²) in [5.41, 5.74) is 1.39. The number of nitrogens with zero attached hydrogens (tertiary/aromatic N) is 2. The molecule has 2 nitrogen and oxygen atoms in total. The van der Waals surface area contributed by atoms with Gasteiger partial charge in [0, 0.05) is 17.2 Å². The number of rotatable bonds is 2. The second-order valence-corrected chi connectivity index (χ2v) is 6.08. The Morgan fingerprint density at radius 2 is 2.00 bits per heavy atom. The highest BCUT2D eigenvalue weighted by Crippen LogP contribution is 2.38. The third kappa shape index (κ3) is 2.05. The highest BCUT2D eigenvalue weighted by Gasteiger charge is 2.20. The van der Waals surface area contributed by atoms with Gasteiger partial charge in [0.1, 0.15) is 15.8 Å². The highest BCUT2D eigenvalue weighted by atomic mass is 35.5. The van der Waals surface area contributed by atoms with Gasteiger partial charge in [0.15, 0.2) is 0 Å². The maximum absolute atomic E-state index is 6.29. The van der Waals surface area contributed by atoms with Gasteiger partial charge >= 0.3 is 0 Å². The van der Waals surface area contributed by atoms with Crippen molar-refractivity contribution in [2.45, 2.75) is 32.1 Å². The number of alkyl halides is 1. The molecule has 0 saturated carbocycles. The molecule has 2 aromatic heterocycles. The van der Waals surface area contributed by atoms with E-state index in [1.54, 1.807) is 11.3 Å². The van der Waals surface area contributed by atoms with Crippen LogP contribution >= 0.6 is 34.5 Å². The van der Waals surface area contributed by atoms with E-state index in [-0.39, 0.29) is 0 Å². The third-order valence-electron chi connectivity index (χ3n) is 3.13. The normalized spacial score (nSPS) is 15.2. The lowest BCUT2D eigenvalue weighted by atomic mass is 9.97. The van der Waals surface area contributed by atoms with E-state index in [1.807, 2.05) is 0 Å². The average molecular weight is 287 g/mol. The van der Waals surface area contributed by atoms with Crippen molar-refractivity contribution in [1.82, 2.24) is 9.97 Å². The molecule has 5 heteroatoms. The predicted molar refractivity (Wildman–Crippen MR) is 73.5 cm³/mol. The largest absolute Gasteiger partial charge is 0.222 e. The predicted octanol–water partition coefficient (Wildman–Crippen LogP) is 4.00. The smallest absolute Gasteiger partial charge is 0.141 e. The topological polar surface area (TPSA) is 25.8 Å². The van der Waals surface area contributed by atoms with Gasteiger partial charge in [-0.15, -0.1) is 22.9 Å². The van der Waals surface area contributed by atoms with Gasteiger partial charge in [-0.2, -0.15) is 0 Å². The van der Waals surface area contributed by atoms with Gasteiger partial charge in [0.2, 0.25) is 0 Å². The van der Waals surface area contributed by atoms with E-state index in [4.69, 9.17) is 23.2 Å². The molecule has 0 radical (unpaired) electrons. The summed E-state index contributed by atoms with van der Waals surface area (Å²) in [6.45, 7) is 0. The van der Waals surface area contributed by atoms with Crippen molar-refractivity contribution in [2.24, 2.45) is 0 Å². The molecule has 1 aliphatic rings. The highest BCUT2D eigenvalue weighted by molar-refractivity contribution is 7.19. The second-order valence-electron chi connectivity index (χ2n) is 4.26. The summed E-state index contributed by atoms with van der Waals surface area (Å²) < 4.78 is 0. The van der Waals surface area contributed by atoms with Crippen molar-refractivity contribution in [3.8, 4) is 0 Å². The molecule has 0 atom stereocenters. The first-order valence-corrected chi connectivity index (χ1v) is 7.55. The van der Waals surface area contributed by atoms with Gasteiger partial charge in [-0.25, -0.2) is 9.97 Å². The minimum Gasteiger partial charge on any atom is -0.222 e. The first-order chi connectivity index (χ1) is 8.29. The van der Waals surface area contributed by atoms with Gasteiger partial charge in [0.05, 0.1) is 5.39 Å². The Labute approximate surface area is 114 Å². The fraction of sp³-hybridized carbons (Fsp3) is 0.500. The van der Waals surface area contributed by atoms with Crippen LogP contribution in [0.3, 0.4) is 0 Å². The quantitative estimate of drug-likeness (QED) is 0.616. The van der Waals surface area contributed by atoms with Crippen molar-refractivity contribution >= 4 is 44.8 Å². The molecule has 0 aromatic carbocycles. The van der Waals surface area contributed by atoms with E-state index in [1.165, 1.54) is 23.3 Å². The van der Waals surface area contributed by atoms with Gasteiger partial charge in [-0.05, 0) is 31.2 Å². The maximum atomic E-state index is 6.29. The average Bonchev–Trinajstić information content (AvgIpc) is 2.67. The van der Waals surface area contributed by atoms with E-state index in [9.17, 15) is 0 Å². The van der Waals surface area contributed by atoms with E-state index in [0.29, 0.717) is 17.5 Å². The standard InChI is InChI=1S/C12H12Cl2N2S/c13-6-5-9-15-11(14)10-7-3-1-2-4-8(7)17-12(10)16-9/h1-6H2. The molecule has 1 aliphatic carbocycles. The van der Waals surface area contributed by atoms with Crippen LogP contribution in [0, 0.1) is 0 Å². The van der Waals surface area contributed by atoms with Crippen molar-refractivity contribution in [2.75, 3.05) is 5.88 Å². The monoisotopic (exact) mass is 286 g/mol. The molecular weight excluding hydrogens is 275 g/mol. The molecule has 0 unspecified atom stereocenters. The Balaban J connectivity index is 2.19. The fourth-order valence-electron chi connectivity index (χ4n) is 2.35. The Morgan fingerprint density at radius 1 is 1.18 bits per heavy atom. The lowest BCUT2D eigenvalue weighted by Crippen LogP contribution is -2.00. The van der Waals surface area contributed by atoms with E-state index in [0.717, 1.165) is 28.9 Å². The summed E-state index contributed by atoms with van der Waals surface area (Å²) >= 11 is 13.8. The first-order valence-electron chi connectivity index (χ1n) is 5.82. The number of hydrogen-bond donors (Lipinski definition) is 0. The Kier molecular flexibility index (Phi) is 3.24. The van der Waals surface area contributed by atoms with E-state index >= 15 is 0 Å². The van der Waals surface area contributed by atoms with Crippen molar-refractivity contribution < 1.29 is 0 Å². The molecule has 0 bridgehead atoms. The Bertz CT molecular complexity index is 565. The van der Waals surface area contributed by atoms with Crippen LogP contribution in [0.5, 0.6) is 0 Å². The number of thiophene rings is 1. The second kappa shape index (κ2) is 4.71. The lowest BCUT2D eigenvalue weighted by molar-refractivity contribution is 0.700. The molecule has 0 spiro atoms. The zero-order valence-electron chi connectivity index (χ0n) is 9.30. The number of halogens is 2. The summed E-state index contributed by atoms with van der Waals surface area (Å²) in [7, 11) is 0. The molecule has 0 amide bonds. The number of hydrogen-bond acceptors (Lipinski definition) is 3. The third-order valence-corrected chi connectivity index (χ3v) is 4.78. The summed E-state index contributed by atoms with van der Waals surface area (Å²) in [5, 5.41) is 1.69. The van der Waals surface area contributed by atoms with E-state index < -0.39 is 0 Å². The zero-order valence-corrected chi connectivity index (χ0v) is 11.6. The summed E-state index contributed by atoms with van der Waals surface area (Å²) in [6, 6.07) is 0. The molecule has 0 N–H and O–H groups in total. The molecule has 2 aromatic rings. The number of fused-ring (bicyclic) bond motifs is 3. The van der Waals surface area contributed by atoms with Gasteiger partial charge < -0.3 is 0 Å². The molecular formula is C12H12Cl2N2S. The van der Waals surface area contributed by atoms with Crippen LogP contribution in [-0.2, 0) is 19.3 Å². The summed E-state index contributed by atoms with van der Waals surface area (Å²) in [4.78, 5) is 11.4. The molecule has 0 fully saturated rings. The lowest BCUT2D eigenvalue weighted by Gasteiger charge is -2.10. The Hall–Kier alpha value is -0.380. The zero-order chi connectivity index (χ0) is 11.8. The van der Waals surface area contributed by atoms with E-state index in [2.05, 4.69) is 9.97 Å². The van der Waals surface area contributed by atoms with Crippen molar-refractivity contribution in [1.29, 1.82) is 0 Å². The van der Waals surface area contributed by atoms with Crippen LogP contribution in [0.2, 0.25) is 5.15 Å². The van der Waals surface area contributed by atoms with Crippen LogP contribution in [-0.4, -0.2) is 15.8 Å². The summed E-state index contributed by atoms with van der Waals surface area (Å²) in [6.07, 6.45) is 5.49. The number of aromatic nitrogens is 2. The number of aryl methyl sites for hydroxylation is 3. The Morgan fingerprint density at radius 3 is 2.82 bits per heavy atom. The van der Waals surface area contributed by atoms with Crippen LogP contribution in [0.15, 0.2) is 0 Å². The molecule has 2 heterocycles. The molecule has 90 valence electrons. The maximum Gasteiger partial charge on any atom is 0.141 e. The fourth-order valence-corrected chi connectivity index (χ4v) is 4.16. The van der Waals surface area contributed by atoms with Gasteiger partial charge in [-0.1, -0.05) is 11.6 Å². The molecule has 17 heavy (non-hydrogen) atoms. The molecule has 3 rings (SSSR count). The van der Waals surface area contributed by atoms with Crippen molar-refractivity contribution in [3.63, 3.8) is 0 Å². The molecule has 0 saturated heterocycles. The van der Waals surface area contributed by atoms with Crippen LogP contribution in [0.1, 0.15) is 29.1 Å². The molecule has 0 aliphatic heterocycles. The SMILES string of the molecule is ClCCc1nc(Cl)c2c3c(sc2n1)CCCC3. The first kappa shape index (κ1) is 11.7. The van der Waals surface area contributed by atoms with Gasteiger partial charge in [0.25, 0.3) is 0 Å². The van der Waals surface area contributed by atoms with Crippen LogP contribution < -0.4 is 0 Å². The van der Waals surface area contributed by atoms with Crippen molar-refractivity contribution in [3.05, 3.63) is 21.4 Å². The summed E-state index contributed by atoms with van der Waals surface area (Å²) in [5.74, 6) is 1.29. The van der Waals surface area contributed by atoms with Gasteiger partial charge in [-0.3, -0.25) is 0 Å². The van der Waals surface area contributed by atoms with Crippen LogP contribution in [0.4, 0.5) is 0 Å².